The molecule has 5 nitrogen and oxygen atoms in total. The quantitative estimate of drug-likeness (QED) is 0.447. The van der Waals surface area contributed by atoms with Crippen LogP contribution in [0.3, 0.4) is 0 Å². The molecule has 0 amide bonds. The normalized spacial score (nSPS) is 10.6. The van der Waals surface area contributed by atoms with Crippen LogP contribution in [0, 0.1) is 0 Å². The molecule has 2 aromatic carbocycles. The highest BCUT2D eigenvalue weighted by atomic mass is 79.9. The van der Waals surface area contributed by atoms with Gasteiger partial charge in [-0.05, 0) is 33.4 Å². The maximum atomic E-state index is 5.35. The number of benzene rings is 2. The average molecular weight is 409 g/mol. The fourth-order valence-corrected chi connectivity index (χ4v) is 2.79. The van der Waals surface area contributed by atoms with Crippen LogP contribution in [-0.2, 0) is 0 Å². The molecule has 0 fully saturated rings. The van der Waals surface area contributed by atoms with Crippen molar-refractivity contribution >= 4 is 60.1 Å². The third kappa shape index (κ3) is 2.85. The number of hydrazine groups is 1. The minimum atomic E-state index is 0.349. The van der Waals surface area contributed by atoms with E-state index < -0.39 is 0 Å². The van der Waals surface area contributed by atoms with E-state index in [9.17, 15) is 0 Å². The molecular weight excluding hydrogens is 398 g/mol. The molecule has 3 aromatic rings. The summed E-state index contributed by atoms with van der Waals surface area (Å²) in [5.41, 5.74) is 3.39. The molecule has 0 atom stereocenters. The van der Waals surface area contributed by atoms with Crippen LogP contribution >= 0.6 is 31.9 Å². The molecule has 0 aliphatic carbocycles. The third-order valence-electron chi connectivity index (χ3n) is 3.00. The molecule has 21 heavy (non-hydrogen) atoms. The maximum Gasteiger partial charge on any atom is 0.239 e. The Morgan fingerprint density at radius 2 is 1.71 bits per heavy atom. The minimum Gasteiger partial charge on any atom is -0.339 e. The number of halogens is 2. The lowest BCUT2D eigenvalue weighted by Gasteiger charge is -2.12. The first-order valence-electron chi connectivity index (χ1n) is 6.12. The van der Waals surface area contributed by atoms with Crippen LogP contribution in [0.1, 0.15) is 0 Å². The molecule has 4 N–H and O–H groups in total. The van der Waals surface area contributed by atoms with Crippen molar-refractivity contribution < 1.29 is 0 Å². The first kappa shape index (κ1) is 14.2. The van der Waals surface area contributed by atoms with Gasteiger partial charge >= 0.3 is 0 Å². The van der Waals surface area contributed by atoms with Gasteiger partial charge in [0, 0.05) is 21.7 Å². The Balaban J connectivity index is 2.08. The Morgan fingerprint density at radius 3 is 2.48 bits per heavy atom. The second kappa shape index (κ2) is 5.97. The zero-order valence-electron chi connectivity index (χ0n) is 10.8. The van der Waals surface area contributed by atoms with Gasteiger partial charge < -0.3 is 5.32 Å². The lowest BCUT2D eigenvalue weighted by molar-refractivity contribution is 1.11. The fraction of sp³-hybridized carbons (Fsp3) is 0. The molecule has 0 spiro atoms. The predicted octanol–water partition coefficient (Wildman–Crippen LogP) is 4.18. The van der Waals surface area contributed by atoms with Crippen LogP contribution < -0.4 is 16.6 Å². The van der Waals surface area contributed by atoms with E-state index in [1.807, 2.05) is 24.3 Å². The number of nitrogens with one attached hydrogen (secondary N) is 2. The average Bonchev–Trinajstić information content (AvgIpc) is 2.52. The first-order valence-corrected chi connectivity index (χ1v) is 7.71. The van der Waals surface area contributed by atoms with Gasteiger partial charge in [-0.25, -0.2) is 10.8 Å². The van der Waals surface area contributed by atoms with Gasteiger partial charge in [0.2, 0.25) is 5.95 Å². The summed E-state index contributed by atoms with van der Waals surface area (Å²) in [5, 5.41) is 5.53. The van der Waals surface area contributed by atoms with Crippen molar-refractivity contribution in [1.82, 2.24) is 9.97 Å². The number of hydrogen-bond donors (Lipinski definition) is 3. The summed E-state index contributed by atoms with van der Waals surface area (Å²) in [6, 6.07) is 12.1. The lowest BCUT2D eigenvalue weighted by atomic mass is 10.1. The van der Waals surface area contributed by atoms with Gasteiger partial charge in [-0.15, -0.1) is 0 Å². The second-order valence-electron chi connectivity index (χ2n) is 4.30. The molecule has 1 aromatic heterocycles. The Hall–Kier alpha value is -1.70. The van der Waals surface area contributed by atoms with Gasteiger partial charge in [0.05, 0.1) is 4.47 Å². The van der Waals surface area contributed by atoms with Crippen LogP contribution in [0.2, 0.25) is 0 Å². The number of nitrogens with two attached hydrogens (primary N) is 1. The van der Waals surface area contributed by atoms with Crippen LogP contribution in [0.4, 0.5) is 17.5 Å². The minimum absolute atomic E-state index is 0.349. The fourth-order valence-electron chi connectivity index (χ4n) is 2.02. The van der Waals surface area contributed by atoms with E-state index >= 15 is 0 Å². The van der Waals surface area contributed by atoms with Gasteiger partial charge in [0.1, 0.15) is 5.82 Å². The maximum absolute atomic E-state index is 5.35. The summed E-state index contributed by atoms with van der Waals surface area (Å²) in [6.07, 6.45) is 1.64. The largest absolute Gasteiger partial charge is 0.339 e. The highest BCUT2D eigenvalue weighted by Crippen LogP contribution is 2.33. The van der Waals surface area contributed by atoms with Crippen LogP contribution in [0.15, 0.2) is 51.5 Å². The molecule has 0 aliphatic rings. The number of anilines is 3. The molecule has 7 heteroatoms. The summed E-state index contributed by atoms with van der Waals surface area (Å²) < 4.78 is 1.81. The van der Waals surface area contributed by atoms with Crippen LogP contribution in [-0.4, -0.2) is 9.97 Å². The third-order valence-corrected chi connectivity index (χ3v) is 4.27. The van der Waals surface area contributed by atoms with Crippen molar-refractivity contribution in [3.8, 4) is 0 Å². The zero-order chi connectivity index (χ0) is 14.8. The van der Waals surface area contributed by atoms with E-state index in [1.165, 1.54) is 0 Å². The molecule has 1 heterocycles. The van der Waals surface area contributed by atoms with Crippen LogP contribution in [0.5, 0.6) is 0 Å². The van der Waals surface area contributed by atoms with Gasteiger partial charge in [-0.3, -0.25) is 5.43 Å². The lowest BCUT2D eigenvalue weighted by Crippen LogP contribution is -2.11. The molecule has 106 valence electrons. The molecule has 0 unspecified atom stereocenters. The van der Waals surface area contributed by atoms with E-state index in [-0.39, 0.29) is 0 Å². The van der Waals surface area contributed by atoms with Crippen molar-refractivity contribution in [3.63, 3.8) is 0 Å². The highest BCUT2D eigenvalue weighted by molar-refractivity contribution is 9.11. The summed E-state index contributed by atoms with van der Waals surface area (Å²) >= 11 is 6.99. The van der Waals surface area contributed by atoms with Gasteiger partial charge in [0.25, 0.3) is 0 Å². The Bertz CT molecular complexity index is 806. The monoisotopic (exact) mass is 407 g/mol. The van der Waals surface area contributed by atoms with Crippen molar-refractivity contribution in [2.24, 2.45) is 5.84 Å². The second-order valence-corrected chi connectivity index (χ2v) is 6.01. The Labute approximate surface area is 138 Å². The van der Waals surface area contributed by atoms with Crippen molar-refractivity contribution in [3.05, 3.63) is 51.5 Å². The topological polar surface area (TPSA) is 75.9 Å². The van der Waals surface area contributed by atoms with E-state index in [2.05, 4.69) is 64.7 Å². The van der Waals surface area contributed by atoms with Crippen molar-refractivity contribution in [2.75, 3.05) is 10.7 Å². The molecule has 0 radical (unpaired) electrons. The number of nitrogen functional groups attached to an aromatic ring is 1. The Morgan fingerprint density at radius 1 is 0.952 bits per heavy atom. The van der Waals surface area contributed by atoms with Gasteiger partial charge in [-0.1, -0.05) is 40.2 Å². The Kier molecular flexibility index (Phi) is 4.05. The molecule has 0 saturated heterocycles. The molecule has 3 rings (SSSR count). The van der Waals surface area contributed by atoms with E-state index in [1.54, 1.807) is 6.20 Å². The molecule has 0 saturated carbocycles. The first-order chi connectivity index (χ1) is 10.2. The van der Waals surface area contributed by atoms with Gasteiger partial charge in [-0.2, -0.15) is 4.98 Å². The summed E-state index contributed by atoms with van der Waals surface area (Å²) in [7, 11) is 0. The number of hydrogen-bond acceptors (Lipinski definition) is 5. The predicted molar refractivity (Wildman–Crippen MR) is 92.5 cm³/mol. The van der Waals surface area contributed by atoms with E-state index in [4.69, 9.17) is 5.84 Å². The number of fused-ring (bicyclic) bond motifs is 1. The number of rotatable bonds is 3. The molecule has 0 bridgehead atoms. The standard InChI is InChI=1S/C14H11Br2N5/c15-10-5-6-12(9-4-2-1-3-8(9)10)19-13-11(16)7-18-14(20-13)21-17/h1-7H,17H2,(H2,18,19,20,21). The summed E-state index contributed by atoms with van der Waals surface area (Å²) in [5.74, 6) is 6.34. The molecule has 0 aliphatic heterocycles. The highest BCUT2D eigenvalue weighted by Gasteiger charge is 2.08. The summed E-state index contributed by atoms with van der Waals surface area (Å²) in [4.78, 5) is 8.33. The van der Waals surface area contributed by atoms with Gasteiger partial charge in [0.15, 0.2) is 0 Å². The van der Waals surface area contributed by atoms with Crippen LogP contribution in [0.25, 0.3) is 10.8 Å². The smallest absolute Gasteiger partial charge is 0.239 e. The van der Waals surface area contributed by atoms with Crippen molar-refractivity contribution in [2.45, 2.75) is 0 Å². The van der Waals surface area contributed by atoms with E-state index in [0.29, 0.717) is 11.8 Å². The van der Waals surface area contributed by atoms with Crippen molar-refractivity contribution in [1.29, 1.82) is 0 Å². The number of nitrogens with zero attached hydrogens (tertiary/aromatic N) is 2. The SMILES string of the molecule is NNc1ncc(Br)c(Nc2ccc(Br)c3ccccc23)n1. The molecular formula is C14H11Br2N5. The zero-order valence-corrected chi connectivity index (χ0v) is 13.9. The number of aromatic nitrogens is 2. The summed E-state index contributed by atoms with van der Waals surface area (Å²) in [6.45, 7) is 0. The van der Waals surface area contributed by atoms with E-state index in [0.717, 1.165) is 25.4 Å².